The van der Waals surface area contributed by atoms with Gasteiger partial charge in [-0.05, 0) is 44.9 Å². The van der Waals surface area contributed by atoms with Gasteiger partial charge in [-0.25, -0.2) is 9.78 Å². The Balaban J connectivity index is 1.81. The van der Waals surface area contributed by atoms with Gasteiger partial charge in [0.15, 0.2) is 5.60 Å². The van der Waals surface area contributed by atoms with Crippen molar-refractivity contribution in [2.75, 3.05) is 0 Å². The van der Waals surface area contributed by atoms with Crippen LogP contribution in [0.2, 0.25) is 0 Å². The minimum Gasteiger partial charge on any atom is -0.311 e. The predicted octanol–water partition coefficient (Wildman–Crippen LogP) is 3.03. The summed E-state index contributed by atoms with van der Waals surface area (Å²) >= 11 is 0. The maximum absolute atomic E-state index is 6.12. The van der Waals surface area contributed by atoms with Crippen LogP contribution < -0.4 is 0 Å². The fourth-order valence-corrected chi connectivity index (χ4v) is 4.73. The van der Waals surface area contributed by atoms with Crippen LogP contribution in [-0.4, -0.2) is 17.7 Å². The van der Waals surface area contributed by atoms with Crippen LogP contribution in [0.15, 0.2) is 0 Å². The average molecular weight is 267 g/mol. The molecule has 1 spiro atoms. The minimum atomic E-state index is -0.647. The van der Waals surface area contributed by atoms with Crippen LogP contribution in [0.3, 0.4) is 0 Å². The normalized spacial score (nSPS) is 60.1. The number of rotatable bonds is 0. The third-order valence-corrected chi connectivity index (χ3v) is 5.83. The highest BCUT2D eigenvalue weighted by molar-refractivity contribution is 5.09. The lowest BCUT2D eigenvalue weighted by Crippen LogP contribution is -2.68. The van der Waals surface area contributed by atoms with Gasteiger partial charge in [-0.2, -0.15) is 4.74 Å². The summed E-state index contributed by atoms with van der Waals surface area (Å²) in [6, 6.07) is 0. The average Bonchev–Trinajstić information content (AvgIpc) is 2.61. The molecule has 4 saturated heterocycles. The number of hydrogen-bond donors (Lipinski definition) is 0. The molecule has 4 nitrogen and oxygen atoms in total. The molecule has 4 heteroatoms. The Kier molecular flexibility index (Phi) is 2.54. The van der Waals surface area contributed by atoms with Gasteiger partial charge in [0.2, 0.25) is 18.7 Å². The quantitative estimate of drug-likeness (QED) is 0.499. The highest BCUT2D eigenvalue weighted by Gasteiger charge is 2.70. The van der Waals surface area contributed by atoms with Gasteiger partial charge in [-0.1, -0.05) is 6.92 Å². The highest BCUT2D eigenvalue weighted by Crippen LogP contribution is 2.60. The van der Waals surface area contributed by atoms with Crippen molar-refractivity contribution in [1.82, 2.24) is 0 Å². The second kappa shape index (κ2) is 3.88. The standard InChI is InChI=1S/C15H23O4/c1-9-4-5-11-10(2)8-16-13-15(11)12(9)6-7-14(3,17-13)18-19-15/h8-13H,4-7H2,1-3H3/q+1/t9-,10+,11+,12+,13-,14+,15+/m1/s1. The van der Waals surface area contributed by atoms with Crippen molar-refractivity contribution in [1.29, 1.82) is 0 Å². The summed E-state index contributed by atoms with van der Waals surface area (Å²) < 4.78 is 12.0. The Labute approximate surface area is 114 Å². The Bertz CT molecular complexity index is 386. The van der Waals surface area contributed by atoms with Crippen molar-refractivity contribution < 1.29 is 19.2 Å². The lowest BCUT2D eigenvalue weighted by molar-refractivity contribution is -0.563. The molecule has 5 aliphatic rings. The van der Waals surface area contributed by atoms with Gasteiger partial charge in [-0.15, -0.1) is 0 Å². The summed E-state index contributed by atoms with van der Waals surface area (Å²) in [6.45, 7) is 8.45. The zero-order chi connectivity index (χ0) is 13.3. The summed E-state index contributed by atoms with van der Waals surface area (Å²) in [7, 11) is 0. The first-order valence-corrected chi connectivity index (χ1v) is 7.59. The van der Waals surface area contributed by atoms with E-state index in [1.807, 2.05) is 13.5 Å². The van der Waals surface area contributed by atoms with E-state index in [2.05, 4.69) is 13.8 Å². The van der Waals surface area contributed by atoms with E-state index >= 15 is 0 Å². The van der Waals surface area contributed by atoms with Gasteiger partial charge in [-0.3, -0.25) is 0 Å². The first-order valence-electron chi connectivity index (χ1n) is 7.59. The first-order chi connectivity index (χ1) is 9.05. The number of ether oxygens (including phenoxy) is 2. The molecule has 4 aliphatic heterocycles. The summed E-state index contributed by atoms with van der Waals surface area (Å²) in [4.78, 5) is 11.7. The van der Waals surface area contributed by atoms with Crippen LogP contribution >= 0.6 is 0 Å². The second-order valence-corrected chi connectivity index (χ2v) is 7.04. The third kappa shape index (κ3) is 1.52. The molecule has 5 fully saturated rings. The molecule has 0 aromatic rings. The maximum atomic E-state index is 6.12. The van der Waals surface area contributed by atoms with E-state index < -0.39 is 11.4 Å². The van der Waals surface area contributed by atoms with Crippen LogP contribution in [0.1, 0.15) is 46.5 Å². The molecule has 0 aromatic heterocycles. The zero-order valence-electron chi connectivity index (χ0n) is 11.9. The Morgan fingerprint density at radius 2 is 1.89 bits per heavy atom. The van der Waals surface area contributed by atoms with Gasteiger partial charge >= 0.3 is 0 Å². The molecular weight excluding hydrogens is 244 g/mol. The third-order valence-electron chi connectivity index (χ3n) is 5.83. The molecule has 0 aromatic carbocycles. The molecule has 0 amide bonds. The van der Waals surface area contributed by atoms with Crippen molar-refractivity contribution in [3.8, 4) is 0 Å². The monoisotopic (exact) mass is 267 g/mol. The van der Waals surface area contributed by atoms with Crippen molar-refractivity contribution >= 4 is 0 Å². The molecule has 0 unspecified atom stereocenters. The lowest BCUT2D eigenvalue weighted by atomic mass is 9.58. The highest BCUT2D eigenvalue weighted by atomic mass is 17.3. The van der Waals surface area contributed by atoms with Crippen LogP contribution in [0, 0.1) is 30.3 Å². The fourth-order valence-electron chi connectivity index (χ4n) is 4.73. The number of fused-ring (bicyclic) bond motifs is 2. The van der Waals surface area contributed by atoms with Crippen molar-refractivity contribution in [3.63, 3.8) is 0 Å². The van der Waals surface area contributed by atoms with Crippen LogP contribution in [0.4, 0.5) is 0 Å². The van der Waals surface area contributed by atoms with Crippen molar-refractivity contribution in [2.45, 2.75) is 64.1 Å². The molecule has 2 bridgehead atoms. The molecule has 5 rings (SSSR count). The minimum absolute atomic E-state index is 0.303. The Morgan fingerprint density at radius 1 is 1.05 bits per heavy atom. The topological polar surface area (TPSA) is 36.9 Å². The molecular formula is C15H23O4+. The van der Waals surface area contributed by atoms with E-state index in [9.17, 15) is 0 Å². The van der Waals surface area contributed by atoms with Gasteiger partial charge < -0.3 is 4.74 Å². The van der Waals surface area contributed by atoms with E-state index in [1.165, 1.54) is 12.8 Å². The molecule has 1 saturated carbocycles. The Morgan fingerprint density at radius 3 is 2.74 bits per heavy atom. The van der Waals surface area contributed by atoms with Gasteiger partial charge in [0.1, 0.15) is 5.92 Å². The Hall–Kier alpha value is -0.290. The van der Waals surface area contributed by atoms with Gasteiger partial charge in [0.05, 0.1) is 0 Å². The maximum Gasteiger partial charge on any atom is 0.243 e. The van der Waals surface area contributed by atoms with E-state index in [0.29, 0.717) is 23.7 Å². The fraction of sp³-hybridized carbons (Fsp3) is 0.933. The number of hydrogen-bond acceptors (Lipinski definition) is 4. The molecule has 106 valence electrons. The smallest absolute Gasteiger partial charge is 0.243 e. The van der Waals surface area contributed by atoms with Crippen molar-refractivity contribution in [3.05, 3.63) is 6.61 Å². The van der Waals surface area contributed by atoms with Crippen LogP contribution in [0.25, 0.3) is 0 Å². The molecule has 0 radical (unpaired) electrons. The van der Waals surface area contributed by atoms with Crippen LogP contribution in [0.5, 0.6) is 0 Å². The molecule has 4 heterocycles. The summed E-state index contributed by atoms with van der Waals surface area (Å²) in [6.07, 6.45) is 4.11. The zero-order valence-corrected chi connectivity index (χ0v) is 11.9. The molecule has 7 atom stereocenters. The predicted molar refractivity (Wildman–Crippen MR) is 67.3 cm³/mol. The molecule has 1 aliphatic carbocycles. The first kappa shape index (κ1) is 12.5. The summed E-state index contributed by atoms with van der Waals surface area (Å²) in [5.41, 5.74) is -0.401. The summed E-state index contributed by atoms with van der Waals surface area (Å²) in [5, 5.41) is 0. The van der Waals surface area contributed by atoms with E-state index in [1.54, 1.807) is 0 Å². The van der Waals surface area contributed by atoms with Gasteiger partial charge in [0.25, 0.3) is 0 Å². The molecule has 19 heavy (non-hydrogen) atoms. The van der Waals surface area contributed by atoms with E-state index in [4.69, 9.17) is 19.2 Å². The van der Waals surface area contributed by atoms with Gasteiger partial charge in [0, 0.05) is 12.3 Å². The molecule has 0 N–H and O–H groups in total. The van der Waals surface area contributed by atoms with Crippen LogP contribution in [-0.2, 0) is 19.2 Å². The van der Waals surface area contributed by atoms with E-state index in [0.717, 1.165) is 12.8 Å². The SMILES string of the molecule is C[C@@H]1CC[C@H]2[C@@H](C)[CH+]O[C@@H]3O[C@]4(C)CC[C@@H]1[C@]32OO4. The second-order valence-electron chi connectivity index (χ2n) is 7.04. The summed E-state index contributed by atoms with van der Waals surface area (Å²) in [5.74, 6) is 1.29. The van der Waals surface area contributed by atoms with Crippen molar-refractivity contribution in [2.24, 2.45) is 23.7 Å². The van der Waals surface area contributed by atoms with E-state index in [-0.39, 0.29) is 6.29 Å². The largest absolute Gasteiger partial charge is 0.311 e. The lowest BCUT2D eigenvalue weighted by Gasteiger charge is -2.55.